The first-order chi connectivity index (χ1) is 19.7. The van der Waals surface area contributed by atoms with Crippen molar-refractivity contribution in [1.82, 2.24) is 0 Å². The van der Waals surface area contributed by atoms with E-state index in [0.717, 1.165) is 23.1 Å². The van der Waals surface area contributed by atoms with Crippen LogP contribution in [0.4, 0.5) is 18.8 Å². The number of benzene rings is 2. The van der Waals surface area contributed by atoms with Crippen molar-refractivity contribution in [3.05, 3.63) is 70.3 Å². The molecule has 0 spiro atoms. The number of rotatable bonds is 10. The van der Waals surface area contributed by atoms with E-state index in [1.165, 1.54) is 5.56 Å². The van der Waals surface area contributed by atoms with E-state index in [-0.39, 0.29) is 19.8 Å². The summed E-state index contributed by atoms with van der Waals surface area (Å²) in [5.41, 5.74) is 4.66. The molecule has 2 aromatic carbocycles. The fraction of sp³-hybridized carbons (Fsp3) is 0.500. The van der Waals surface area contributed by atoms with E-state index in [9.17, 15) is 14.4 Å². The predicted octanol–water partition coefficient (Wildman–Crippen LogP) is 6.14. The van der Waals surface area contributed by atoms with Crippen molar-refractivity contribution in [3.63, 3.8) is 0 Å². The van der Waals surface area contributed by atoms with Gasteiger partial charge in [0, 0.05) is 0 Å². The zero-order valence-electron chi connectivity index (χ0n) is 23.9. The largest absolute Gasteiger partial charge is 0.510 e. The Bertz CT molecular complexity index is 1170. The Balaban J connectivity index is 2.02. The summed E-state index contributed by atoms with van der Waals surface area (Å²) in [5, 5.41) is 0. The first kappa shape index (κ1) is 31.7. The zero-order chi connectivity index (χ0) is 29.9. The minimum atomic E-state index is -2.26. The van der Waals surface area contributed by atoms with Crippen LogP contribution < -0.4 is 0 Å². The van der Waals surface area contributed by atoms with E-state index in [0.29, 0.717) is 12.0 Å². The van der Waals surface area contributed by atoms with Gasteiger partial charge < -0.3 is 33.2 Å². The summed E-state index contributed by atoms with van der Waals surface area (Å²) in [6, 6.07) is 13.6. The molecule has 0 N–H and O–H groups in total. The number of aryl methyl sites for hydroxylation is 2. The fourth-order valence-electron chi connectivity index (χ4n) is 4.37. The van der Waals surface area contributed by atoms with Crippen LogP contribution in [0.5, 0.6) is 0 Å². The highest BCUT2D eigenvalue weighted by Gasteiger charge is 2.53. The van der Waals surface area contributed by atoms with Gasteiger partial charge in [-0.05, 0) is 68.4 Å². The van der Waals surface area contributed by atoms with Crippen molar-refractivity contribution in [2.75, 3.05) is 19.8 Å². The molecule has 0 aromatic heterocycles. The van der Waals surface area contributed by atoms with Crippen molar-refractivity contribution in [1.29, 1.82) is 0 Å². The van der Waals surface area contributed by atoms with Gasteiger partial charge in [-0.25, -0.2) is 18.8 Å². The molecule has 0 radical (unpaired) electrons. The number of carbonyl (C=O) groups excluding carboxylic acids is 3. The fourth-order valence-corrected chi connectivity index (χ4v) is 4.37. The van der Waals surface area contributed by atoms with Crippen molar-refractivity contribution >= 4 is 18.5 Å². The SMILES string of the molecule is CCOC(=O)O[C@H]1O[C@@H](c2ccc(C)c(Cc3ccc(CC)cc3)c2)[C@H](OC(=O)OCC)[C@@H](OC(=O)OCC)C1F. The lowest BCUT2D eigenvalue weighted by Gasteiger charge is -2.41. The van der Waals surface area contributed by atoms with Gasteiger partial charge in [-0.3, -0.25) is 0 Å². The van der Waals surface area contributed by atoms with Crippen LogP contribution in [0.15, 0.2) is 42.5 Å². The van der Waals surface area contributed by atoms with Crippen molar-refractivity contribution in [2.45, 2.75) is 78.2 Å². The molecule has 3 rings (SSSR count). The van der Waals surface area contributed by atoms with E-state index in [4.69, 9.17) is 33.2 Å². The Kier molecular flexibility index (Phi) is 11.8. The molecular formula is C30H37FO10. The summed E-state index contributed by atoms with van der Waals surface area (Å²) in [6.07, 6.45) is -10.6. The molecule has 0 amide bonds. The molecule has 0 aliphatic carbocycles. The molecule has 11 heteroatoms. The van der Waals surface area contributed by atoms with Crippen LogP contribution in [-0.2, 0) is 46.0 Å². The molecule has 10 nitrogen and oxygen atoms in total. The number of hydrogen-bond donors (Lipinski definition) is 0. The lowest BCUT2D eigenvalue weighted by molar-refractivity contribution is -0.274. The summed E-state index contributed by atoms with van der Waals surface area (Å²) >= 11 is 0. The smallest absolute Gasteiger partial charge is 0.435 e. The standard InChI is InChI=1S/C30H37FO10/c1-6-19-11-13-20(14-12-19)16-22-17-21(15-10-18(22)5)24-26(40-29(33)36-8-3)25(39-28(32)35-7-2)23(31)27(38-24)41-30(34)37-9-4/h10-15,17,23-27H,6-9,16H2,1-5H3/t23?,24-,25-,26-,27+/m0/s1. The van der Waals surface area contributed by atoms with Gasteiger partial charge in [0.05, 0.1) is 19.8 Å². The first-order valence-electron chi connectivity index (χ1n) is 13.7. The maximum absolute atomic E-state index is 15.8. The molecule has 2 aromatic rings. The van der Waals surface area contributed by atoms with Gasteiger partial charge in [0.1, 0.15) is 6.10 Å². The normalized spacial score (nSPS) is 21.9. The lowest BCUT2D eigenvalue weighted by Crippen LogP contribution is -2.56. The van der Waals surface area contributed by atoms with Crippen molar-refractivity contribution < 1.29 is 51.9 Å². The molecule has 0 saturated carbocycles. The van der Waals surface area contributed by atoms with E-state index >= 15 is 4.39 Å². The summed E-state index contributed by atoms with van der Waals surface area (Å²) in [5.74, 6) is 0. The molecule has 1 aliphatic heterocycles. The van der Waals surface area contributed by atoms with Crippen molar-refractivity contribution in [3.8, 4) is 0 Å². The predicted molar refractivity (Wildman–Crippen MR) is 144 cm³/mol. The highest BCUT2D eigenvalue weighted by Crippen LogP contribution is 2.39. The zero-order valence-corrected chi connectivity index (χ0v) is 23.9. The third kappa shape index (κ3) is 8.56. The Hall–Kier alpha value is -3.86. The van der Waals surface area contributed by atoms with Gasteiger partial charge >= 0.3 is 18.5 Å². The van der Waals surface area contributed by atoms with E-state index < -0.39 is 49.2 Å². The Morgan fingerprint density at radius 2 is 1.29 bits per heavy atom. The summed E-state index contributed by atoms with van der Waals surface area (Å²) in [6.45, 7) is 8.62. The summed E-state index contributed by atoms with van der Waals surface area (Å²) in [4.78, 5) is 36.8. The van der Waals surface area contributed by atoms with Gasteiger partial charge in [-0.2, -0.15) is 0 Å². The molecule has 0 bridgehead atoms. The van der Waals surface area contributed by atoms with Crippen LogP contribution in [0.2, 0.25) is 0 Å². The molecule has 1 aliphatic rings. The third-order valence-corrected chi connectivity index (χ3v) is 6.47. The Labute approximate surface area is 238 Å². The first-order valence-corrected chi connectivity index (χ1v) is 13.7. The Morgan fingerprint density at radius 1 is 0.756 bits per heavy atom. The molecule has 41 heavy (non-hydrogen) atoms. The number of halogens is 1. The lowest BCUT2D eigenvalue weighted by atomic mass is 9.90. The van der Waals surface area contributed by atoms with Crippen LogP contribution in [0.3, 0.4) is 0 Å². The van der Waals surface area contributed by atoms with Crippen LogP contribution in [0.1, 0.15) is 61.6 Å². The number of carbonyl (C=O) groups is 3. The monoisotopic (exact) mass is 576 g/mol. The van der Waals surface area contributed by atoms with E-state index in [1.54, 1.807) is 26.8 Å². The minimum Gasteiger partial charge on any atom is -0.435 e. The molecule has 1 heterocycles. The second-order valence-electron chi connectivity index (χ2n) is 9.23. The molecule has 1 fully saturated rings. The topological polar surface area (TPSA) is 116 Å². The minimum absolute atomic E-state index is 0.0143. The molecule has 224 valence electrons. The average Bonchev–Trinajstić information content (AvgIpc) is 2.94. The van der Waals surface area contributed by atoms with E-state index in [1.807, 2.05) is 19.1 Å². The van der Waals surface area contributed by atoms with Crippen molar-refractivity contribution in [2.24, 2.45) is 0 Å². The average molecular weight is 577 g/mol. The van der Waals surface area contributed by atoms with Gasteiger partial charge in [-0.15, -0.1) is 0 Å². The van der Waals surface area contributed by atoms with E-state index in [2.05, 4.69) is 31.2 Å². The number of hydrogen-bond acceptors (Lipinski definition) is 10. The number of alkyl halides is 1. The number of ether oxygens (including phenoxy) is 7. The quantitative estimate of drug-likeness (QED) is 0.241. The van der Waals surface area contributed by atoms with Crippen LogP contribution in [0, 0.1) is 6.92 Å². The molecule has 5 atom stereocenters. The third-order valence-electron chi connectivity index (χ3n) is 6.47. The van der Waals surface area contributed by atoms with Gasteiger partial charge in [-0.1, -0.05) is 49.4 Å². The maximum atomic E-state index is 15.8. The highest BCUT2D eigenvalue weighted by molar-refractivity contribution is 5.62. The second-order valence-corrected chi connectivity index (χ2v) is 9.23. The van der Waals surface area contributed by atoms with Crippen LogP contribution in [-0.4, -0.2) is 63.0 Å². The maximum Gasteiger partial charge on any atom is 0.510 e. The molecule has 1 saturated heterocycles. The van der Waals surface area contributed by atoms with Gasteiger partial charge in [0.15, 0.2) is 12.2 Å². The molecule has 1 unspecified atom stereocenters. The van der Waals surface area contributed by atoms with Crippen LogP contribution in [0.25, 0.3) is 0 Å². The summed E-state index contributed by atoms with van der Waals surface area (Å²) in [7, 11) is 0. The second kappa shape index (κ2) is 15.2. The van der Waals surface area contributed by atoms with Crippen LogP contribution >= 0.6 is 0 Å². The van der Waals surface area contributed by atoms with Gasteiger partial charge in [0.25, 0.3) is 0 Å². The Morgan fingerprint density at radius 3 is 1.85 bits per heavy atom. The summed E-state index contributed by atoms with van der Waals surface area (Å²) < 4.78 is 51.9. The highest BCUT2D eigenvalue weighted by atomic mass is 19.1. The molecular weight excluding hydrogens is 539 g/mol. The van der Waals surface area contributed by atoms with Gasteiger partial charge in [0.2, 0.25) is 12.5 Å².